The molecule has 0 radical (unpaired) electrons. The molecule has 0 saturated heterocycles. The largest absolute Gasteiger partial charge is 0.481 e. The molecule has 0 aliphatic heterocycles. The van der Waals surface area contributed by atoms with Crippen LogP contribution in [0.15, 0.2) is 36.7 Å². The van der Waals surface area contributed by atoms with Gasteiger partial charge in [0.25, 0.3) is 0 Å². The van der Waals surface area contributed by atoms with E-state index in [2.05, 4.69) is 5.10 Å². The molecule has 0 amide bonds. The molecule has 5 nitrogen and oxygen atoms in total. The van der Waals surface area contributed by atoms with Crippen molar-refractivity contribution in [1.82, 2.24) is 9.78 Å². The van der Waals surface area contributed by atoms with E-state index in [1.165, 1.54) is 28.9 Å². The van der Waals surface area contributed by atoms with Crippen LogP contribution in [-0.2, 0) is 4.79 Å². The molecule has 0 saturated carbocycles. The second-order valence-electron chi connectivity index (χ2n) is 4.82. The van der Waals surface area contributed by atoms with E-state index in [9.17, 15) is 14.0 Å². The van der Waals surface area contributed by atoms with Crippen molar-refractivity contribution in [2.45, 2.75) is 25.8 Å². The minimum absolute atomic E-state index is 0.132. The smallest absolute Gasteiger partial charge is 0.303 e. The molecular formula is C15H15FN2O3. The van der Waals surface area contributed by atoms with Crippen LogP contribution < -0.4 is 0 Å². The number of aromatic nitrogens is 2. The predicted molar refractivity (Wildman–Crippen MR) is 73.6 cm³/mol. The summed E-state index contributed by atoms with van der Waals surface area (Å²) in [7, 11) is 0. The highest BCUT2D eigenvalue weighted by atomic mass is 19.1. The number of carboxylic acid groups (broad SMARTS) is 1. The zero-order valence-electron chi connectivity index (χ0n) is 11.5. The van der Waals surface area contributed by atoms with Gasteiger partial charge in [-0.2, -0.15) is 5.10 Å². The monoisotopic (exact) mass is 290 g/mol. The average molecular weight is 290 g/mol. The lowest BCUT2D eigenvalue weighted by molar-refractivity contribution is -0.137. The molecule has 0 aliphatic rings. The summed E-state index contributed by atoms with van der Waals surface area (Å²) in [6, 6.07) is 4.48. The standard InChI is InChI=1S/C15H15FN2O3/c1-10-8-17-18(9-10)13(6-7-14(19)20)15(21)11-2-4-12(16)5-3-11/h2-5,8-9,13H,6-7H2,1H3,(H,19,20). The molecule has 2 aromatic rings. The highest BCUT2D eigenvalue weighted by molar-refractivity contribution is 5.99. The van der Waals surface area contributed by atoms with Gasteiger partial charge >= 0.3 is 5.97 Å². The summed E-state index contributed by atoms with van der Waals surface area (Å²) in [6.07, 6.45) is 3.28. The lowest BCUT2D eigenvalue weighted by atomic mass is 10.0. The number of Topliss-reactive ketones (excluding diaryl/α,β-unsaturated/α-hetero) is 1. The quantitative estimate of drug-likeness (QED) is 0.830. The summed E-state index contributed by atoms with van der Waals surface area (Å²) in [5.74, 6) is -1.68. The van der Waals surface area contributed by atoms with E-state index >= 15 is 0 Å². The van der Waals surface area contributed by atoms with Crippen molar-refractivity contribution in [2.24, 2.45) is 0 Å². The first-order chi connectivity index (χ1) is 9.97. The van der Waals surface area contributed by atoms with Gasteiger partial charge in [0.05, 0.1) is 6.20 Å². The van der Waals surface area contributed by atoms with Gasteiger partial charge in [-0.25, -0.2) is 4.39 Å². The van der Waals surface area contributed by atoms with Crippen LogP contribution in [0.4, 0.5) is 4.39 Å². The highest BCUT2D eigenvalue weighted by Gasteiger charge is 2.23. The topological polar surface area (TPSA) is 72.2 Å². The maximum absolute atomic E-state index is 12.9. The zero-order valence-corrected chi connectivity index (χ0v) is 11.5. The second kappa shape index (κ2) is 6.30. The Morgan fingerprint density at radius 1 is 1.33 bits per heavy atom. The molecule has 0 bridgehead atoms. The fourth-order valence-corrected chi connectivity index (χ4v) is 2.05. The van der Waals surface area contributed by atoms with Crippen molar-refractivity contribution < 1.29 is 19.1 Å². The van der Waals surface area contributed by atoms with E-state index < -0.39 is 17.8 Å². The Kier molecular flexibility index (Phi) is 4.47. The Morgan fingerprint density at radius 2 is 2.00 bits per heavy atom. The van der Waals surface area contributed by atoms with E-state index in [4.69, 9.17) is 5.11 Å². The lowest BCUT2D eigenvalue weighted by Gasteiger charge is -2.15. The number of aliphatic carboxylic acids is 1. The fourth-order valence-electron chi connectivity index (χ4n) is 2.05. The Morgan fingerprint density at radius 3 is 2.52 bits per heavy atom. The van der Waals surface area contributed by atoms with Crippen molar-refractivity contribution in [3.8, 4) is 0 Å². The molecule has 1 unspecified atom stereocenters. The van der Waals surface area contributed by atoms with Crippen molar-refractivity contribution in [2.75, 3.05) is 0 Å². The van der Waals surface area contributed by atoms with Crippen LogP contribution in [0.3, 0.4) is 0 Å². The van der Waals surface area contributed by atoms with E-state index in [1.54, 1.807) is 12.4 Å². The summed E-state index contributed by atoms with van der Waals surface area (Å²) in [5, 5.41) is 12.9. The number of ketones is 1. The summed E-state index contributed by atoms with van der Waals surface area (Å²) in [4.78, 5) is 23.3. The number of aryl methyl sites for hydroxylation is 1. The maximum atomic E-state index is 12.9. The van der Waals surface area contributed by atoms with Gasteiger partial charge in [-0.3, -0.25) is 14.3 Å². The lowest BCUT2D eigenvalue weighted by Crippen LogP contribution is -2.21. The molecule has 2 rings (SSSR count). The van der Waals surface area contributed by atoms with E-state index in [-0.39, 0.29) is 18.6 Å². The molecule has 0 aliphatic carbocycles. The molecule has 0 spiro atoms. The van der Waals surface area contributed by atoms with Crippen LogP contribution in [0.2, 0.25) is 0 Å². The first kappa shape index (κ1) is 14.9. The minimum atomic E-state index is -0.976. The van der Waals surface area contributed by atoms with E-state index in [0.29, 0.717) is 5.56 Å². The zero-order chi connectivity index (χ0) is 15.4. The van der Waals surface area contributed by atoms with Crippen molar-refractivity contribution >= 4 is 11.8 Å². The summed E-state index contributed by atoms with van der Waals surface area (Å²) >= 11 is 0. The van der Waals surface area contributed by atoms with Gasteiger partial charge in [-0.05, 0) is 43.2 Å². The number of rotatable bonds is 6. The van der Waals surface area contributed by atoms with Gasteiger partial charge in [-0.15, -0.1) is 0 Å². The normalized spacial score (nSPS) is 12.1. The number of halogens is 1. The average Bonchev–Trinajstić information content (AvgIpc) is 2.85. The number of nitrogens with zero attached hydrogens (tertiary/aromatic N) is 2. The number of carbonyl (C=O) groups excluding carboxylic acids is 1. The number of carbonyl (C=O) groups is 2. The van der Waals surface area contributed by atoms with Crippen molar-refractivity contribution in [3.05, 3.63) is 53.6 Å². The summed E-state index contributed by atoms with van der Waals surface area (Å²) in [5.41, 5.74) is 1.21. The van der Waals surface area contributed by atoms with Crippen LogP contribution in [-0.4, -0.2) is 26.6 Å². The molecule has 21 heavy (non-hydrogen) atoms. The molecule has 1 aromatic carbocycles. The third-order valence-electron chi connectivity index (χ3n) is 3.11. The number of hydrogen-bond acceptors (Lipinski definition) is 3. The Labute approximate surface area is 121 Å². The first-order valence-electron chi connectivity index (χ1n) is 6.49. The van der Waals surface area contributed by atoms with Gasteiger partial charge in [-0.1, -0.05) is 0 Å². The third-order valence-corrected chi connectivity index (χ3v) is 3.11. The van der Waals surface area contributed by atoms with Crippen LogP contribution in [0, 0.1) is 12.7 Å². The number of benzene rings is 1. The first-order valence-corrected chi connectivity index (χ1v) is 6.49. The van der Waals surface area contributed by atoms with Gasteiger partial charge in [0.15, 0.2) is 5.78 Å². The minimum Gasteiger partial charge on any atom is -0.481 e. The van der Waals surface area contributed by atoms with E-state index in [1.807, 2.05) is 6.92 Å². The van der Waals surface area contributed by atoms with Crippen LogP contribution in [0.5, 0.6) is 0 Å². The molecular weight excluding hydrogens is 275 g/mol. The van der Waals surface area contributed by atoms with Gasteiger partial charge < -0.3 is 5.11 Å². The Bertz CT molecular complexity index is 649. The van der Waals surface area contributed by atoms with Crippen LogP contribution >= 0.6 is 0 Å². The van der Waals surface area contributed by atoms with Gasteiger partial charge in [0.1, 0.15) is 11.9 Å². The Balaban J connectivity index is 2.27. The maximum Gasteiger partial charge on any atom is 0.303 e. The molecule has 6 heteroatoms. The van der Waals surface area contributed by atoms with Gasteiger partial charge in [0.2, 0.25) is 0 Å². The van der Waals surface area contributed by atoms with Gasteiger partial charge in [0, 0.05) is 18.2 Å². The summed E-state index contributed by atoms with van der Waals surface area (Å²) < 4.78 is 14.4. The SMILES string of the molecule is Cc1cnn(C(CCC(=O)O)C(=O)c2ccc(F)cc2)c1. The van der Waals surface area contributed by atoms with Crippen LogP contribution in [0.1, 0.15) is 34.8 Å². The van der Waals surface area contributed by atoms with Crippen LogP contribution in [0.25, 0.3) is 0 Å². The van der Waals surface area contributed by atoms with Crippen molar-refractivity contribution in [1.29, 1.82) is 0 Å². The van der Waals surface area contributed by atoms with E-state index in [0.717, 1.165) is 5.56 Å². The molecule has 1 N–H and O–H groups in total. The molecule has 1 heterocycles. The third kappa shape index (κ3) is 3.75. The molecule has 1 atom stereocenters. The highest BCUT2D eigenvalue weighted by Crippen LogP contribution is 2.20. The second-order valence-corrected chi connectivity index (χ2v) is 4.82. The van der Waals surface area contributed by atoms with Crippen molar-refractivity contribution in [3.63, 3.8) is 0 Å². The summed E-state index contributed by atoms with van der Waals surface area (Å²) in [6.45, 7) is 1.83. The molecule has 110 valence electrons. The molecule has 1 aromatic heterocycles. The number of carboxylic acids is 1. The predicted octanol–water partition coefficient (Wildman–Crippen LogP) is 2.62. The molecule has 0 fully saturated rings. The fraction of sp³-hybridized carbons (Fsp3) is 0.267. The number of hydrogen-bond donors (Lipinski definition) is 1. The Hall–Kier alpha value is -2.50.